The van der Waals surface area contributed by atoms with Gasteiger partial charge in [0.05, 0.1) is 0 Å². The molecule has 0 spiro atoms. The molecule has 3 rings (SSSR count). The van der Waals surface area contributed by atoms with Gasteiger partial charge < -0.3 is 10.6 Å². The number of aromatic nitrogens is 3. The summed E-state index contributed by atoms with van der Waals surface area (Å²) < 4.78 is 0. The fourth-order valence-corrected chi connectivity index (χ4v) is 3.02. The number of carbonyl (C=O) groups is 1. The normalized spacial score (nSPS) is 10.5. The lowest BCUT2D eigenvalue weighted by Gasteiger charge is -2.04. The minimum Gasteiger partial charge on any atom is -0.321 e. The van der Waals surface area contributed by atoms with E-state index in [-0.39, 0.29) is 5.91 Å². The molecule has 1 aromatic carbocycles. The molecule has 0 saturated heterocycles. The Labute approximate surface area is 150 Å². The van der Waals surface area contributed by atoms with Crippen molar-refractivity contribution in [2.45, 2.75) is 27.2 Å². The number of benzene rings is 1. The van der Waals surface area contributed by atoms with E-state index in [0.717, 1.165) is 23.5 Å². The lowest BCUT2D eigenvalue weighted by molar-refractivity contribution is 0.102. The van der Waals surface area contributed by atoms with Crippen LogP contribution >= 0.6 is 11.3 Å². The maximum absolute atomic E-state index is 12.3. The van der Waals surface area contributed by atoms with Crippen molar-refractivity contribution in [1.29, 1.82) is 0 Å². The molecular weight excluding hydrogens is 334 g/mol. The van der Waals surface area contributed by atoms with Gasteiger partial charge in [-0.1, -0.05) is 19.1 Å². The molecule has 2 aromatic heterocycles. The molecule has 6 nitrogen and oxygen atoms in total. The molecule has 0 aliphatic rings. The van der Waals surface area contributed by atoms with Crippen molar-refractivity contribution in [1.82, 2.24) is 15.0 Å². The Balaban J connectivity index is 1.68. The van der Waals surface area contributed by atoms with E-state index in [4.69, 9.17) is 0 Å². The largest absolute Gasteiger partial charge is 0.321 e. The highest BCUT2D eigenvalue weighted by molar-refractivity contribution is 7.14. The fraction of sp³-hybridized carbons (Fsp3) is 0.222. The minimum atomic E-state index is -0.241. The average molecular weight is 353 g/mol. The van der Waals surface area contributed by atoms with Crippen LogP contribution in [0, 0.1) is 13.8 Å². The third kappa shape index (κ3) is 4.39. The Kier molecular flexibility index (Phi) is 5.04. The van der Waals surface area contributed by atoms with Crippen LogP contribution in [0.4, 0.5) is 16.8 Å². The van der Waals surface area contributed by atoms with Gasteiger partial charge in [-0.05, 0) is 44.0 Å². The van der Waals surface area contributed by atoms with E-state index < -0.39 is 0 Å². The fourth-order valence-electron chi connectivity index (χ4n) is 2.33. The average Bonchev–Trinajstić information content (AvgIpc) is 3.03. The Morgan fingerprint density at radius 3 is 2.40 bits per heavy atom. The van der Waals surface area contributed by atoms with Gasteiger partial charge in [0.25, 0.3) is 5.91 Å². The molecule has 0 fully saturated rings. The highest BCUT2D eigenvalue weighted by Crippen LogP contribution is 2.20. The molecule has 1 amide bonds. The van der Waals surface area contributed by atoms with Crippen molar-refractivity contribution < 1.29 is 4.79 Å². The van der Waals surface area contributed by atoms with Crippen molar-refractivity contribution in [2.75, 3.05) is 10.6 Å². The molecule has 25 heavy (non-hydrogen) atoms. The van der Waals surface area contributed by atoms with Crippen LogP contribution in [0.1, 0.15) is 34.4 Å². The summed E-state index contributed by atoms with van der Waals surface area (Å²) in [5.74, 6) is 0.240. The number of thiazole rings is 1. The van der Waals surface area contributed by atoms with E-state index in [1.807, 2.05) is 44.2 Å². The first kappa shape index (κ1) is 17.0. The molecular formula is C18H19N5OS. The molecule has 0 aliphatic carbocycles. The second kappa shape index (κ2) is 7.40. The van der Waals surface area contributed by atoms with E-state index in [1.54, 1.807) is 5.38 Å². The summed E-state index contributed by atoms with van der Waals surface area (Å²) in [6.45, 7) is 5.91. The molecule has 2 N–H and O–H groups in total. The summed E-state index contributed by atoms with van der Waals surface area (Å²) in [5, 5.41) is 8.19. The standard InChI is InChI=1S/C18H19N5OS/c1-4-13-5-7-14(8-6-13)21-16(24)15-10-25-18(22-15)23-17-19-11(2)9-12(3)20-17/h5-10H,4H2,1-3H3,(H,21,24)(H,19,20,22,23). The number of amides is 1. The van der Waals surface area contributed by atoms with E-state index in [2.05, 4.69) is 32.5 Å². The van der Waals surface area contributed by atoms with Crippen molar-refractivity contribution >= 4 is 34.0 Å². The second-order valence-corrected chi connectivity index (χ2v) is 6.50. The summed E-state index contributed by atoms with van der Waals surface area (Å²) in [5.41, 5.74) is 4.09. The van der Waals surface area contributed by atoms with Crippen molar-refractivity contribution in [2.24, 2.45) is 0 Å². The summed E-state index contributed by atoms with van der Waals surface area (Å²) in [4.78, 5) is 25.2. The van der Waals surface area contributed by atoms with Crippen molar-refractivity contribution in [3.8, 4) is 0 Å². The zero-order valence-corrected chi connectivity index (χ0v) is 15.1. The van der Waals surface area contributed by atoms with Gasteiger partial charge in [-0.3, -0.25) is 4.79 Å². The number of nitrogens with one attached hydrogen (secondary N) is 2. The predicted octanol–water partition coefficient (Wildman–Crippen LogP) is 4.11. The van der Waals surface area contributed by atoms with Gasteiger partial charge in [-0.2, -0.15) is 0 Å². The molecule has 0 bridgehead atoms. The molecule has 7 heteroatoms. The summed E-state index contributed by atoms with van der Waals surface area (Å²) in [6.07, 6.45) is 0.968. The molecule has 128 valence electrons. The van der Waals surface area contributed by atoms with Crippen LogP contribution in [0.2, 0.25) is 0 Å². The number of aryl methyl sites for hydroxylation is 3. The van der Waals surface area contributed by atoms with E-state index in [0.29, 0.717) is 16.8 Å². The number of carbonyl (C=O) groups excluding carboxylic acids is 1. The van der Waals surface area contributed by atoms with E-state index >= 15 is 0 Å². The van der Waals surface area contributed by atoms with Gasteiger partial charge in [-0.25, -0.2) is 15.0 Å². The molecule has 0 saturated carbocycles. The summed E-state index contributed by atoms with van der Waals surface area (Å²) in [6, 6.07) is 9.69. The summed E-state index contributed by atoms with van der Waals surface area (Å²) >= 11 is 1.34. The van der Waals surface area contributed by atoms with Crippen LogP contribution in [-0.4, -0.2) is 20.9 Å². The van der Waals surface area contributed by atoms with Crippen LogP contribution in [0.3, 0.4) is 0 Å². The minimum absolute atomic E-state index is 0.241. The van der Waals surface area contributed by atoms with Crippen LogP contribution in [-0.2, 0) is 6.42 Å². The number of anilines is 3. The predicted molar refractivity (Wildman–Crippen MR) is 101 cm³/mol. The summed E-state index contributed by atoms with van der Waals surface area (Å²) in [7, 11) is 0. The quantitative estimate of drug-likeness (QED) is 0.721. The maximum atomic E-state index is 12.3. The molecule has 2 heterocycles. The Bertz CT molecular complexity index is 868. The number of hydrogen-bond acceptors (Lipinski definition) is 6. The number of rotatable bonds is 5. The molecule has 0 radical (unpaired) electrons. The van der Waals surface area contributed by atoms with Gasteiger partial charge in [-0.15, -0.1) is 11.3 Å². The topological polar surface area (TPSA) is 79.8 Å². The Morgan fingerprint density at radius 2 is 1.76 bits per heavy atom. The molecule has 0 atom stereocenters. The molecule has 0 aliphatic heterocycles. The zero-order chi connectivity index (χ0) is 17.8. The molecule has 0 unspecified atom stereocenters. The zero-order valence-electron chi connectivity index (χ0n) is 14.3. The van der Waals surface area contributed by atoms with Crippen LogP contribution < -0.4 is 10.6 Å². The Hall–Kier alpha value is -2.80. The highest BCUT2D eigenvalue weighted by atomic mass is 32.1. The third-order valence-electron chi connectivity index (χ3n) is 3.56. The van der Waals surface area contributed by atoms with Crippen molar-refractivity contribution in [3.05, 3.63) is 58.4 Å². The highest BCUT2D eigenvalue weighted by Gasteiger charge is 2.12. The van der Waals surface area contributed by atoms with E-state index in [1.165, 1.54) is 16.9 Å². The second-order valence-electron chi connectivity index (χ2n) is 5.64. The van der Waals surface area contributed by atoms with Gasteiger partial charge in [0.15, 0.2) is 5.13 Å². The van der Waals surface area contributed by atoms with E-state index in [9.17, 15) is 4.79 Å². The third-order valence-corrected chi connectivity index (χ3v) is 4.32. The van der Waals surface area contributed by atoms with Gasteiger partial charge in [0.2, 0.25) is 5.95 Å². The SMILES string of the molecule is CCc1ccc(NC(=O)c2csc(Nc3nc(C)cc(C)n3)n2)cc1. The maximum Gasteiger partial charge on any atom is 0.275 e. The van der Waals surface area contributed by atoms with Gasteiger partial charge >= 0.3 is 0 Å². The lowest BCUT2D eigenvalue weighted by Crippen LogP contribution is -2.12. The van der Waals surface area contributed by atoms with Gasteiger partial charge in [0.1, 0.15) is 5.69 Å². The van der Waals surface area contributed by atoms with Gasteiger partial charge in [0, 0.05) is 22.5 Å². The first-order chi connectivity index (χ1) is 12.0. The first-order valence-corrected chi connectivity index (χ1v) is 8.86. The smallest absolute Gasteiger partial charge is 0.275 e. The van der Waals surface area contributed by atoms with Crippen LogP contribution in [0.25, 0.3) is 0 Å². The number of nitrogens with zero attached hydrogens (tertiary/aromatic N) is 3. The molecule has 3 aromatic rings. The number of hydrogen-bond donors (Lipinski definition) is 2. The Morgan fingerprint density at radius 1 is 1.08 bits per heavy atom. The van der Waals surface area contributed by atoms with Crippen molar-refractivity contribution in [3.63, 3.8) is 0 Å². The monoisotopic (exact) mass is 353 g/mol. The lowest BCUT2D eigenvalue weighted by atomic mass is 10.1. The van der Waals surface area contributed by atoms with Crippen LogP contribution in [0.5, 0.6) is 0 Å². The first-order valence-electron chi connectivity index (χ1n) is 7.98. The van der Waals surface area contributed by atoms with Crippen LogP contribution in [0.15, 0.2) is 35.7 Å².